The van der Waals surface area contributed by atoms with Crippen LogP contribution in [0.5, 0.6) is 0 Å². The highest BCUT2D eigenvalue weighted by Gasteiger charge is 2.36. The van der Waals surface area contributed by atoms with Gasteiger partial charge in [-0.2, -0.15) is 0 Å². The zero-order chi connectivity index (χ0) is 14.0. The fraction of sp³-hybridized carbons (Fsp3) is 0.455. The molecule has 2 heterocycles. The van der Waals surface area contributed by atoms with Gasteiger partial charge in [0.1, 0.15) is 11.0 Å². The molecule has 1 saturated heterocycles. The van der Waals surface area contributed by atoms with Crippen LogP contribution in [0.1, 0.15) is 23.4 Å². The van der Waals surface area contributed by atoms with Gasteiger partial charge in [-0.1, -0.05) is 0 Å². The number of ether oxygens (including phenoxy) is 1. The van der Waals surface area contributed by atoms with Gasteiger partial charge in [-0.05, 0) is 18.9 Å². The summed E-state index contributed by atoms with van der Waals surface area (Å²) >= 11 is 0. The van der Waals surface area contributed by atoms with Crippen LogP contribution >= 0.6 is 0 Å². The molecule has 0 saturated carbocycles. The van der Waals surface area contributed by atoms with Crippen molar-refractivity contribution in [3.05, 3.63) is 28.0 Å². The standard InChI is InChI=1S/C11H12N2O6/c1-18-11(15)7-3-2-6-12(7)10(14)8-4-5-9(19-8)13(16)17/h4-5,7H,2-3,6H2,1H3/t7-/m0/s1. The number of carbonyl (C=O) groups excluding carboxylic acids is 2. The molecule has 2 rings (SSSR count). The zero-order valence-corrected chi connectivity index (χ0v) is 10.2. The Bertz CT molecular complexity index is 523. The maximum absolute atomic E-state index is 12.1. The minimum Gasteiger partial charge on any atom is -0.467 e. The first-order valence-electron chi connectivity index (χ1n) is 5.67. The average Bonchev–Trinajstić information content (AvgIpc) is 3.05. The van der Waals surface area contributed by atoms with Gasteiger partial charge in [-0.25, -0.2) is 4.79 Å². The van der Waals surface area contributed by atoms with Gasteiger partial charge in [0.15, 0.2) is 5.76 Å². The number of likely N-dealkylation sites (tertiary alicyclic amines) is 1. The number of nitro groups is 1. The van der Waals surface area contributed by atoms with Gasteiger partial charge in [-0.15, -0.1) is 0 Å². The molecule has 0 aliphatic carbocycles. The van der Waals surface area contributed by atoms with Crippen LogP contribution in [0.3, 0.4) is 0 Å². The van der Waals surface area contributed by atoms with Crippen molar-refractivity contribution in [2.45, 2.75) is 18.9 Å². The Morgan fingerprint density at radius 2 is 2.26 bits per heavy atom. The van der Waals surface area contributed by atoms with E-state index >= 15 is 0 Å². The molecule has 1 aromatic heterocycles. The Morgan fingerprint density at radius 3 is 2.84 bits per heavy atom. The van der Waals surface area contributed by atoms with Crippen LogP contribution in [0.25, 0.3) is 0 Å². The fourth-order valence-electron chi connectivity index (χ4n) is 2.07. The lowest BCUT2D eigenvalue weighted by Gasteiger charge is -2.21. The van der Waals surface area contributed by atoms with Crippen LogP contribution in [0.15, 0.2) is 16.5 Å². The molecule has 1 amide bonds. The molecule has 0 radical (unpaired) electrons. The summed E-state index contributed by atoms with van der Waals surface area (Å²) in [4.78, 5) is 34.7. The number of carbonyl (C=O) groups is 2. The average molecular weight is 268 g/mol. The molecule has 0 unspecified atom stereocenters. The first-order chi connectivity index (χ1) is 9.04. The summed E-state index contributed by atoms with van der Waals surface area (Å²) in [6.45, 7) is 0.396. The van der Waals surface area contributed by atoms with E-state index in [1.807, 2.05) is 0 Å². The maximum atomic E-state index is 12.1. The predicted octanol–water partition coefficient (Wildman–Crippen LogP) is 0.965. The minimum atomic E-state index is -0.724. The highest BCUT2D eigenvalue weighted by atomic mass is 16.6. The summed E-state index contributed by atoms with van der Waals surface area (Å²) in [5, 5.41) is 10.5. The Labute approximate surface area is 108 Å². The van der Waals surface area contributed by atoms with Gasteiger partial charge in [0.25, 0.3) is 5.91 Å². The minimum absolute atomic E-state index is 0.150. The number of hydrogen-bond donors (Lipinski definition) is 0. The summed E-state index contributed by atoms with van der Waals surface area (Å²) in [6, 6.07) is 1.69. The molecule has 1 atom stereocenters. The Hall–Kier alpha value is -2.38. The fourth-order valence-corrected chi connectivity index (χ4v) is 2.07. The highest BCUT2D eigenvalue weighted by Crippen LogP contribution is 2.23. The first-order valence-corrected chi connectivity index (χ1v) is 5.67. The summed E-state index contributed by atoms with van der Waals surface area (Å²) in [5.74, 6) is -1.69. The van der Waals surface area contributed by atoms with Crippen molar-refractivity contribution in [3.8, 4) is 0 Å². The lowest BCUT2D eigenvalue weighted by atomic mass is 10.2. The van der Waals surface area contributed by atoms with E-state index in [0.717, 1.165) is 6.07 Å². The topological polar surface area (TPSA) is 103 Å². The third-order valence-corrected chi connectivity index (χ3v) is 2.97. The predicted molar refractivity (Wildman–Crippen MR) is 61.4 cm³/mol. The van der Waals surface area contributed by atoms with E-state index in [2.05, 4.69) is 4.74 Å². The quantitative estimate of drug-likeness (QED) is 0.459. The summed E-state index contributed by atoms with van der Waals surface area (Å²) in [7, 11) is 1.25. The van der Waals surface area contributed by atoms with E-state index in [0.29, 0.717) is 19.4 Å². The van der Waals surface area contributed by atoms with Gasteiger partial charge in [0.2, 0.25) is 0 Å². The molecule has 1 aromatic rings. The monoisotopic (exact) mass is 268 g/mol. The van der Waals surface area contributed by atoms with Crippen LogP contribution < -0.4 is 0 Å². The van der Waals surface area contributed by atoms with E-state index in [4.69, 9.17) is 4.42 Å². The zero-order valence-electron chi connectivity index (χ0n) is 10.2. The Morgan fingerprint density at radius 1 is 1.53 bits per heavy atom. The SMILES string of the molecule is COC(=O)[C@@H]1CCCN1C(=O)c1ccc([N+](=O)[O-])o1. The van der Waals surface area contributed by atoms with Crippen molar-refractivity contribution in [3.63, 3.8) is 0 Å². The molecular formula is C11H12N2O6. The number of rotatable bonds is 3. The summed E-state index contributed by atoms with van der Waals surface area (Å²) < 4.78 is 9.46. The highest BCUT2D eigenvalue weighted by molar-refractivity contribution is 5.95. The molecule has 1 aliphatic heterocycles. The Balaban J connectivity index is 2.18. The van der Waals surface area contributed by atoms with Crippen molar-refractivity contribution in [1.82, 2.24) is 4.90 Å². The van der Waals surface area contributed by atoms with Crippen LogP contribution in [0, 0.1) is 10.1 Å². The van der Waals surface area contributed by atoms with E-state index in [-0.39, 0.29) is 5.76 Å². The Kier molecular flexibility index (Phi) is 3.50. The molecule has 102 valence electrons. The van der Waals surface area contributed by atoms with Crippen molar-refractivity contribution in [1.29, 1.82) is 0 Å². The van der Waals surface area contributed by atoms with Crippen molar-refractivity contribution in [2.24, 2.45) is 0 Å². The second-order valence-electron chi connectivity index (χ2n) is 4.07. The van der Waals surface area contributed by atoms with Gasteiger partial charge < -0.3 is 14.1 Å². The summed E-state index contributed by atoms with van der Waals surface area (Å²) in [6.07, 6.45) is 1.19. The number of methoxy groups -OCH3 is 1. The molecule has 1 aliphatic rings. The molecule has 8 nitrogen and oxygen atoms in total. The number of hydrogen-bond acceptors (Lipinski definition) is 6. The van der Waals surface area contributed by atoms with Crippen LogP contribution in [0.4, 0.5) is 5.88 Å². The van der Waals surface area contributed by atoms with E-state index in [1.165, 1.54) is 18.1 Å². The summed E-state index contributed by atoms with van der Waals surface area (Å²) in [5.41, 5.74) is 0. The molecule has 0 aromatic carbocycles. The third kappa shape index (κ3) is 2.42. The van der Waals surface area contributed by atoms with Gasteiger partial charge in [0.05, 0.1) is 13.2 Å². The van der Waals surface area contributed by atoms with Gasteiger partial charge in [0, 0.05) is 6.54 Å². The molecule has 19 heavy (non-hydrogen) atoms. The normalized spacial score (nSPS) is 18.4. The molecule has 8 heteroatoms. The van der Waals surface area contributed by atoms with E-state index < -0.39 is 28.7 Å². The molecule has 1 fully saturated rings. The van der Waals surface area contributed by atoms with Crippen molar-refractivity contribution < 1.29 is 23.7 Å². The largest absolute Gasteiger partial charge is 0.467 e. The van der Waals surface area contributed by atoms with Gasteiger partial charge in [-0.3, -0.25) is 14.9 Å². The van der Waals surface area contributed by atoms with Crippen LogP contribution in [-0.4, -0.2) is 41.4 Å². The van der Waals surface area contributed by atoms with Crippen molar-refractivity contribution >= 4 is 17.8 Å². The maximum Gasteiger partial charge on any atom is 0.433 e. The molecular weight excluding hydrogens is 256 g/mol. The number of amides is 1. The first kappa shape index (κ1) is 13.1. The number of furan rings is 1. The second kappa shape index (κ2) is 5.09. The van der Waals surface area contributed by atoms with E-state index in [9.17, 15) is 19.7 Å². The number of nitrogens with zero attached hydrogens (tertiary/aromatic N) is 2. The van der Waals surface area contributed by atoms with Crippen LogP contribution in [0.2, 0.25) is 0 Å². The van der Waals surface area contributed by atoms with Gasteiger partial charge >= 0.3 is 11.9 Å². The van der Waals surface area contributed by atoms with Crippen LogP contribution in [-0.2, 0) is 9.53 Å². The third-order valence-electron chi connectivity index (χ3n) is 2.97. The lowest BCUT2D eigenvalue weighted by Crippen LogP contribution is -2.40. The lowest BCUT2D eigenvalue weighted by molar-refractivity contribution is -0.402. The van der Waals surface area contributed by atoms with E-state index in [1.54, 1.807) is 0 Å². The molecule has 0 bridgehead atoms. The second-order valence-corrected chi connectivity index (χ2v) is 4.07. The van der Waals surface area contributed by atoms with Crippen molar-refractivity contribution in [2.75, 3.05) is 13.7 Å². The molecule has 0 N–H and O–H groups in total. The molecule has 0 spiro atoms. The smallest absolute Gasteiger partial charge is 0.433 e. The number of esters is 1.